The highest BCUT2D eigenvalue weighted by Gasteiger charge is 2.18. The zero-order valence-corrected chi connectivity index (χ0v) is 13.5. The van der Waals surface area contributed by atoms with Crippen LogP contribution in [0.2, 0.25) is 0 Å². The van der Waals surface area contributed by atoms with Crippen LogP contribution in [-0.2, 0) is 10.0 Å². The van der Waals surface area contributed by atoms with E-state index in [1.165, 1.54) is 0 Å². The number of aryl methyl sites for hydroxylation is 1. The van der Waals surface area contributed by atoms with E-state index < -0.39 is 10.0 Å². The first-order chi connectivity index (χ1) is 9.29. The Morgan fingerprint density at radius 1 is 1.15 bits per heavy atom. The smallest absolute Gasteiger partial charge is 0.262 e. The van der Waals surface area contributed by atoms with Crippen LogP contribution in [0.3, 0.4) is 0 Å². The van der Waals surface area contributed by atoms with Gasteiger partial charge >= 0.3 is 0 Å². The van der Waals surface area contributed by atoms with Gasteiger partial charge in [0.05, 0.1) is 10.6 Å². The van der Waals surface area contributed by atoms with Crippen LogP contribution in [0.15, 0.2) is 45.8 Å². The van der Waals surface area contributed by atoms with Gasteiger partial charge in [0, 0.05) is 10.2 Å². The highest BCUT2D eigenvalue weighted by Crippen LogP contribution is 2.25. The second-order valence-corrected chi connectivity index (χ2v) is 7.16. The second-order valence-electron chi connectivity index (χ2n) is 4.59. The monoisotopic (exact) mass is 354 g/mol. The second kappa shape index (κ2) is 5.46. The SMILES string of the molecule is Cc1cc(Br)cc(NS(=O)(=O)c2cccc(N)c2C)c1. The van der Waals surface area contributed by atoms with E-state index in [2.05, 4.69) is 20.7 Å². The lowest BCUT2D eigenvalue weighted by Gasteiger charge is -2.12. The van der Waals surface area contributed by atoms with E-state index in [1.807, 2.05) is 13.0 Å². The van der Waals surface area contributed by atoms with Crippen molar-refractivity contribution in [2.24, 2.45) is 0 Å². The molecule has 0 aromatic heterocycles. The normalized spacial score (nSPS) is 11.3. The third-order valence-electron chi connectivity index (χ3n) is 2.91. The van der Waals surface area contributed by atoms with Crippen LogP contribution < -0.4 is 10.5 Å². The molecule has 0 heterocycles. The van der Waals surface area contributed by atoms with Crippen LogP contribution in [0.25, 0.3) is 0 Å². The summed E-state index contributed by atoms with van der Waals surface area (Å²) in [7, 11) is -3.65. The average Bonchev–Trinajstić information content (AvgIpc) is 2.30. The summed E-state index contributed by atoms with van der Waals surface area (Å²) in [5.41, 5.74) is 8.24. The highest BCUT2D eigenvalue weighted by atomic mass is 79.9. The van der Waals surface area contributed by atoms with Gasteiger partial charge < -0.3 is 5.73 Å². The van der Waals surface area contributed by atoms with Crippen LogP contribution in [0.4, 0.5) is 11.4 Å². The van der Waals surface area contributed by atoms with Crippen molar-refractivity contribution in [3.05, 3.63) is 52.0 Å². The topological polar surface area (TPSA) is 72.2 Å². The number of benzene rings is 2. The Kier molecular flexibility index (Phi) is 4.06. The molecule has 2 aromatic carbocycles. The minimum atomic E-state index is -3.65. The van der Waals surface area contributed by atoms with E-state index >= 15 is 0 Å². The first-order valence-corrected chi connectivity index (χ1v) is 8.22. The zero-order valence-electron chi connectivity index (χ0n) is 11.1. The number of nitrogens with one attached hydrogen (secondary N) is 1. The van der Waals surface area contributed by atoms with Crippen molar-refractivity contribution < 1.29 is 8.42 Å². The Morgan fingerprint density at radius 2 is 1.85 bits per heavy atom. The van der Waals surface area contributed by atoms with Gasteiger partial charge in [-0.3, -0.25) is 4.72 Å². The standard InChI is InChI=1S/C14H15BrN2O2S/c1-9-6-11(15)8-12(7-9)17-20(18,19)14-5-3-4-13(16)10(14)2/h3-8,17H,16H2,1-2H3. The third kappa shape index (κ3) is 3.13. The lowest BCUT2D eigenvalue weighted by molar-refractivity contribution is 0.600. The molecule has 0 spiro atoms. The van der Waals surface area contributed by atoms with Crippen LogP contribution in [0, 0.1) is 13.8 Å². The molecule has 0 unspecified atom stereocenters. The number of nitrogen functional groups attached to an aromatic ring is 1. The molecule has 0 bridgehead atoms. The predicted octanol–water partition coefficient (Wildman–Crippen LogP) is 3.45. The van der Waals surface area contributed by atoms with Gasteiger partial charge in [-0.05, 0) is 55.3 Å². The van der Waals surface area contributed by atoms with Gasteiger partial charge in [0.25, 0.3) is 10.0 Å². The van der Waals surface area contributed by atoms with Crippen LogP contribution in [-0.4, -0.2) is 8.42 Å². The fourth-order valence-electron chi connectivity index (χ4n) is 1.93. The molecule has 0 atom stereocenters. The molecule has 0 aliphatic carbocycles. The molecule has 2 rings (SSSR count). The van der Waals surface area contributed by atoms with Gasteiger partial charge in [-0.1, -0.05) is 22.0 Å². The van der Waals surface area contributed by atoms with Crippen LogP contribution in [0.5, 0.6) is 0 Å². The molecule has 0 saturated heterocycles. The summed E-state index contributed by atoms with van der Waals surface area (Å²) in [6, 6.07) is 10.2. The fourth-order valence-corrected chi connectivity index (χ4v) is 3.85. The number of halogens is 1. The van der Waals surface area contributed by atoms with E-state index in [4.69, 9.17) is 5.73 Å². The maximum atomic E-state index is 12.4. The first-order valence-electron chi connectivity index (χ1n) is 5.95. The van der Waals surface area contributed by atoms with Crippen LogP contribution >= 0.6 is 15.9 Å². The fraction of sp³-hybridized carbons (Fsp3) is 0.143. The zero-order chi connectivity index (χ0) is 14.9. The molecule has 4 nitrogen and oxygen atoms in total. The quantitative estimate of drug-likeness (QED) is 0.829. The summed E-state index contributed by atoms with van der Waals surface area (Å²) >= 11 is 3.35. The molecule has 0 fully saturated rings. The summed E-state index contributed by atoms with van der Waals surface area (Å²) in [6.07, 6.45) is 0. The molecule has 6 heteroatoms. The minimum absolute atomic E-state index is 0.190. The molecule has 2 aromatic rings. The van der Waals surface area contributed by atoms with Gasteiger partial charge in [-0.2, -0.15) is 0 Å². The molecule has 0 amide bonds. The average molecular weight is 355 g/mol. The lowest BCUT2D eigenvalue weighted by atomic mass is 10.2. The van der Waals surface area contributed by atoms with Crippen molar-refractivity contribution in [1.29, 1.82) is 0 Å². The Hall–Kier alpha value is -1.53. The summed E-state index contributed by atoms with van der Waals surface area (Å²) in [5.74, 6) is 0. The van der Waals surface area contributed by atoms with Gasteiger partial charge in [-0.15, -0.1) is 0 Å². The number of nitrogens with two attached hydrogens (primary N) is 1. The van der Waals surface area contributed by atoms with Gasteiger partial charge in [0.2, 0.25) is 0 Å². The van der Waals surface area contributed by atoms with E-state index in [-0.39, 0.29) is 4.90 Å². The number of hydrogen-bond donors (Lipinski definition) is 2. The Bertz CT molecular complexity index is 738. The number of anilines is 2. The van der Waals surface area contributed by atoms with Crippen molar-refractivity contribution in [3.63, 3.8) is 0 Å². The molecule has 0 saturated carbocycles. The number of sulfonamides is 1. The van der Waals surface area contributed by atoms with Gasteiger partial charge in [-0.25, -0.2) is 8.42 Å². The maximum absolute atomic E-state index is 12.4. The summed E-state index contributed by atoms with van der Waals surface area (Å²) < 4.78 is 28.2. The summed E-state index contributed by atoms with van der Waals surface area (Å²) in [4.78, 5) is 0.190. The summed E-state index contributed by atoms with van der Waals surface area (Å²) in [5, 5.41) is 0. The van der Waals surface area contributed by atoms with E-state index in [9.17, 15) is 8.42 Å². The number of rotatable bonds is 3. The van der Waals surface area contributed by atoms with Crippen LogP contribution in [0.1, 0.15) is 11.1 Å². The van der Waals surface area contributed by atoms with E-state index in [0.29, 0.717) is 16.9 Å². The molecule has 106 valence electrons. The minimum Gasteiger partial charge on any atom is -0.398 e. The maximum Gasteiger partial charge on any atom is 0.262 e. The first kappa shape index (κ1) is 14.9. The van der Waals surface area contributed by atoms with E-state index in [1.54, 1.807) is 37.3 Å². The lowest BCUT2D eigenvalue weighted by Crippen LogP contribution is -2.15. The van der Waals surface area contributed by atoms with Gasteiger partial charge in [0.15, 0.2) is 0 Å². The molecule has 0 radical (unpaired) electrons. The van der Waals surface area contributed by atoms with E-state index in [0.717, 1.165) is 10.0 Å². The molecule has 3 N–H and O–H groups in total. The molecule has 0 aliphatic rings. The molecule has 20 heavy (non-hydrogen) atoms. The van der Waals surface area contributed by atoms with Crippen molar-refractivity contribution >= 4 is 37.3 Å². The van der Waals surface area contributed by atoms with Crippen molar-refractivity contribution in [3.8, 4) is 0 Å². The van der Waals surface area contributed by atoms with Crippen molar-refractivity contribution in [2.75, 3.05) is 10.5 Å². The largest absolute Gasteiger partial charge is 0.398 e. The Balaban J connectivity index is 2.43. The van der Waals surface area contributed by atoms with Crippen molar-refractivity contribution in [1.82, 2.24) is 0 Å². The highest BCUT2D eigenvalue weighted by molar-refractivity contribution is 9.10. The Labute approximate surface area is 127 Å². The molecular formula is C14H15BrN2O2S. The van der Waals surface area contributed by atoms with Crippen molar-refractivity contribution in [2.45, 2.75) is 18.7 Å². The predicted molar refractivity (Wildman–Crippen MR) is 85.3 cm³/mol. The number of hydrogen-bond acceptors (Lipinski definition) is 3. The molecule has 0 aliphatic heterocycles. The third-order valence-corrected chi connectivity index (χ3v) is 4.89. The van der Waals surface area contributed by atoms with Gasteiger partial charge in [0.1, 0.15) is 0 Å². The Morgan fingerprint density at radius 3 is 2.50 bits per heavy atom. The molecular weight excluding hydrogens is 340 g/mol. The summed E-state index contributed by atoms with van der Waals surface area (Å²) in [6.45, 7) is 3.59.